The zero-order valence-corrected chi connectivity index (χ0v) is 14.6. The Labute approximate surface area is 148 Å². The Morgan fingerprint density at radius 2 is 1.88 bits per heavy atom. The number of rotatable bonds is 4. The molecule has 2 amide bonds. The highest BCUT2D eigenvalue weighted by molar-refractivity contribution is 5.94. The standard InChI is InChI=1S/C19H27N3O3/c23-18(13-17-14-20-11-12-21(17)19(24)25)22(15-7-3-1-4-8-15)16-9-5-2-6-10-16/h1,3-4,7-8,16-17,20H,2,5-6,9-14H2,(H,24,25). The van der Waals surface area contributed by atoms with Crippen LogP contribution >= 0.6 is 0 Å². The number of hydrogen-bond donors (Lipinski definition) is 2. The van der Waals surface area contributed by atoms with E-state index in [0.717, 1.165) is 31.4 Å². The van der Waals surface area contributed by atoms with Gasteiger partial charge in [0.15, 0.2) is 0 Å². The molecule has 1 saturated carbocycles. The van der Waals surface area contributed by atoms with Crippen molar-refractivity contribution in [1.29, 1.82) is 0 Å². The van der Waals surface area contributed by atoms with E-state index < -0.39 is 6.09 Å². The van der Waals surface area contributed by atoms with E-state index in [0.29, 0.717) is 19.6 Å². The molecule has 1 aliphatic heterocycles. The van der Waals surface area contributed by atoms with E-state index in [4.69, 9.17) is 0 Å². The first kappa shape index (κ1) is 17.7. The van der Waals surface area contributed by atoms with Crippen LogP contribution in [0.3, 0.4) is 0 Å². The number of hydrogen-bond acceptors (Lipinski definition) is 3. The third-order valence-electron chi connectivity index (χ3n) is 5.25. The summed E-state index contributed by atoms with van der Waals surface area (Å²) in [6.45, 7) is 1.61. The zero-order chi connectivity index (χ0) is 17.6. The minimum absolute atomic E-state index is 0.0260. The van der Waals surface area contributed by atoms with Crippen LogP contribution in [0, 0.1) is 0 Å². The van der Waals surface area contributed by atoms with Gasteiger partial charge in [0.2, 0.25) is 5.91 Å². The molecule has 0 radical (unpaired) electrons. The fourth-order valence-corrected chi connectivity index (χ4v) is 3.98. The van der Waals surface area contributed by atoms with Gasteiger partial charge in [0.05, 0.1) is 6.04 Å². The lowest BCUT2D eigenvalue weighted by Crippen LogP contribution is -2.55. The Balaban J connectivity index is 1.77. The van der Waals surface area contributed by atoms with Crippen LogP contribution in [0.5, 0.6) is 0 Å². The fourth-order valence-electron chi connectivity index (χ4n) is 3.98. The maximum Gasteiger partial charge on any atom is 0.407 e. The van der Waals surface area contributed by atoms with E-state index in [-0.39, 0.29) is 24.4 Å². The smallest absolute Gasteiger partial charge is 0.407 e. The number of carboxylic acid groups (broad SMARTS) is 1. The Kier molecular flexibility index (Phi) is 5.91. The first-order valence-electron chi connectivity index (χ1n) is 9.24. The Morgan fingerprint density at radius 3 is 2.56 bits per heavy atom. The summed E-state index contributed by atoms with van der Waals surface area (Å²) in [5.74, 6) is 0.0260. The number of piperazine rings is 1. The van der Waals surface area contributed by atoms with Gasteiger partial charge < -0.3 is 20.2 Å². The Hall–Kier alpha value is -2.08. The van der Waals surface area contributed by atoms with Crippen molar-refractivity contribution in [2.45, 2.75) is 50.6 Å². The van der Waals surface area contributed by atoms with Crippen molar-refractivity contribution in [3.8, 4) is 0 Å². The van der Waals surface area contributed by atoms with E-state index in [1.807, 2.05) is 35.2 Å². The average Bonchev–Trinajstić information content (AvgIpc) is 2.64. The first-order chi connectivity index (χ1) is 12.2. The molecule has 6 heteroatoms. The molecule has 1 aliphatic carbocycles. The van der Waals surface area contributed by atoms with Gasteiger partial charge in [-0.15, -0.1) is 0 Å². The number of para-hydroxylation sites is 1. The molecule has 2 fully saturated rings. The van der Waals surface area contributed by atoms with Gasteiger partial charge in [0.1, 0.15) is 0 Å². The van der Waals surface area contributed by atoms with Crippen molar-refractivity contribution >= 4 is 17.7 Å². The van der Waals surface area contributed by atoms with Crippen molar-refractivity contribution < 1.29 is 14.7 Å². The summed E-state index contributed by atoms with van der Waals surface area (Å²) >= 11 is 0. The van der Waals surface area contributed by atoms with E-state index in [2.05, 4.69) is 5.32 Å². The molecule has 0 bridgehead atoms. The molecule has 136 valence electrons. The maximum atomic E-state index is 13.2. The second-order valence-electron chi connectivity index (χ2n) is 6.93. The van der Waals surface area contributed by atoms with Gasteiger partial charge in [-0.05, 0) is 25.0 Å². The quantitative estimate of drug-likeness (QED) is 0.880. The van der Waals surface area contributed by atoms with Crippen LogP contribution < -0.4 is 10.2 Å². The molecule has 25 heavy (non-hydrogen) atoms. The van der Waals surface area contributed by atoms with E-state index >= 15 is 0 Å². The number of carbonyl (C=O) groups is 2. The van der Waals surface area contributed by atoms with Gasteiger partial charge in [0, 0.05) is 37.8 Å². The summed E-state index contributed by atoms with van der Waals surface area (Å²) in [6, 6.07) is 9.71. The number of nitrogens with zero attached hydrogens (tertiary/aromatic N) is 2. The second kappa shape index (κ2) is 8.34. The highest BCUT2D eigenvalue weighted by Crippen LogP contribution is 2.28. The molecule has 1 unspecified atom stereocenters. The molecule has 1 atom stereocenters. The molecule has 3 rings (SSSR count). The molecule has 1 aromatic rings. The molecule has 6 nitrogen and oxygen atoms in total. The number of nitrogens with one attached hydrogen (secondary N) is 1. The number of carbonyl (C=O) groups excluding carboxylic acids is 1. The van der Waals surface area contributed by atoms with E-state index in [9.17, 15) is 14.7 Å². The summed E-state index contributed by atoms with van der Waals surface area (Å²) < 4.78 is 0. The molecule has 2 aliphatic rings. The maximum absolute atomic E-state index is 13.2. The summed E-state index contributed by atoms with van der Waals surface area (Å²) in [5, 5.41) is 12.6. The van der Waals surface area contributed by atoms with Gasteiger partial charge >= 0.3 is 6.09 Å². The first-order valence-corrected chi connectivity index (χ1v) is 9.24. The fraction of sp³-hybridized carbons (Fsp3) is 0.579. The van der Waals surface area contributed by atoms with Gasteiger partial charge in [-0.3, -0.25) is 4.79 Å². The summed E-state index contributed by atoms with van der Waals surface area (Å²) in [4.78, 5) is 27.9. The van der Waals surface area contributed by atoms with Gasteiger partial charge in [0.25, 0.3) is 0 Å². The third-order valence-corrected chi connectivity index (χ3v) is 5.25. The lowest BCUT2D eigenvalue weighted by molar-refractivity contribution is -0.120. The van der Waals surface area contributed by atoms with Crippen LogP contribution in [0.15, 0.2) is 30.3 Å². The molecule has 2 N–H and O–H groups in total. The Morgan fingerprint density at radius 1 is 1.16 bits per heavy atom. The Bertz CT molecular complexity index is 587. The molecule has 1 aromatic carbocycles. The van der Waals surface area contributed by atoms with E-state index in [1.165, 1.54) is 11.3 Å². The monoisotopic (exact) mass is 345 g/mol. The highest BCUT2D eigenvalue weighted by Gasteiger charge is 2.32. The van der Waals surface area contributed by atoms with Crippen molar-refractivity contribution in [1.82, 2.24) is 10.2 Å². The van der Waals surface area contributed by atoms with Crippen LogP contribution in [0.2, 0.25) is 0 Å². The number of amides is 2. The normalized spacial score (nSPS) is 21.8. The van der Waals surface area contributed by atoms with E-state index in [1.54, 1.807) is 0 Å². The minimum atomic E-state index is -0.941. The summed E-state index contributed by atoms with van der Waals surface area (Å²) in [6.07, 6.45) is 4.85. The number of anilines is 1. The van der Waals surface area contributed by atoms with Crippen LogP contribution in [-0.4, -0.2) is 53.7 Å². The molecule has 1 heterocycles. The predicted octanol–water partition coefficient (Wildman–Crippen LogP) is 2.69. The van der Waals surface area contributed by atoms with Gasteiger partial charge in [-0.25, -0.2) is 4.79 Å². The molecule has 0 aromatic heterocycles. The van der Waals surface area contributed by atoms with Crippen molar-refractivity contribution in [2.24, 2.45) is 0 Å². The van der Waals surface area contributed by atoms with Crippen molar-refractivity contribution in [3.63, 3.8) is 0 Å². The molecular weight excluding hydrogens is 318 g/mol. The molecular formula is C19H27N3O3. The minimum Gasteiger partial charge on any atom is -0.465 e. The lowest BCUT2D eigenvalue weighted by Gasteiger charge is -2.38. The SMILES string of the molecule is O=C(O)N1CCNCC1CC(=O)N(c1ccccc1)C1CCCCC1. The lowest BCUT2D eigenvalue weighted by atomic mass is 9.93. The van der Waals surface area contributed by atoms with Crippen LogP contribution in [-0.2, 0) is 4.79 Å². The van der Waals surface area contributed by atoms with Crippen LogP contribution in [0.25, 0.3) is 0 Å². The predicted molar refractivity (Wildman–Crippen MR) is 96.8 cm³/mol. The largest absolute Gasteiger partial charge is 0.465 e. The molecule has 1 saturated heterocycles. The highest BCUT2D eigenvalue weighted by atomic mass is 16.4. The van der Waals surface area contributed by atoms with Gasteiger partial charge in [-0.2, -0.15) is 0 Å². The van der Waals surface area contributed by atoms with Gasteiger partial charge in [-0.1, -0.05) is 37.5 Å². The third kappa shape index (κ3) is 4.31. The van der Waals surface area contributed by atoms with Crippen molar-refractivity contribution in [2.75, 3.05) is 24.5 Å². The van der Waals surface area contributed by atoms with Crippen molar-refractivity contribution in [3.05, 3.63) is 30.3 Å². The van der Waals surface area contributed by atoms with Crippen LogP contribution in [0.4, 0.5) is 10.5 Å². The summed E-state index contributed by atoms with van der Waals surface area (Å²) in [5.41, 5.74) is 0.921. The number of benzene rings is 1. The van der Waals surface area contributed by atoms with Crippen LogP contribution in [0.1, 0.15) is 38.5 Å². The molecule has 0 spiro atoms. The topological polar surface area (TPSA) is 72.9 Å². The second-order valence-corrected chi connectivity index (χ2v) is 6.93. The summed E-state index contributed by atoms with van der Waals surface area (Å²) in [7, 11) is 0. The zero-order valence-electron chi connectivity index (χ0n) is 14.6. The average molecular weight is 345 g/mol.